The third-order valence-corrected chi connectivity index (χ3v) is 4.01. The van der Waals surface area contributed by atoms with Gasteiger partial charge in [-0.1, -0.05) is 13.8 Å². The number of rotatable bonds is 6. The van der Waals surface area contributed by atoms with Crippen LogP contribution in [0, 0.1) is 0 Å². The zero-order valence-corrected chi connectivity index (χ0v) is 12.6. The minimum atomic E-state index is -0.283. The van der Waals surface area contributed by atoms with E-state index in [4.69, 9.17) is 9.72 Å². The Morgan fingerprint density at radius 3 is 2.53 bits per heavy atom. The van der Waals surface area contributed by atoms with Gasteiger partial charge in [0.25, 0.3) is 0 Å². The van der Waals surface area contributed by atoms with Crippen LogP contribution in [0.2, 0.25) is 0 Å². The first-order chi connectivity index (χ1) is 7.92. The molecule has 0 radical (unpaired) electrons. The molecule has 17 heavy (non-hydrogen) atoms. The molecular weight excluding hydrogens is 232 g/mol. The lowest BCUT2D eigenvalue weighted by Gasteiger charge is -2.21. The second-order valence-electron chi connectivity index (χ2n) is 4.96. The smallest absolute Gasteiger partial charge is 0.125 e. The number of ether oxygens (including phenoxy) is 1. The number of thiazole rings is 1. The standard InChI is InChI=1S/C13H24N2OS/c1-7-16-13(4,5)12-15-11(9(2)3)10(17-12)8-14-6/h9,14H,7-8H2,1-6H3. The van der Waals surface area contributed by atoms with Gasteiger partial charge in [-0.2, -0.15) is 0 Å². The Kier molecular flexibility index (Phi) is 5.10. The maximum atomic E-state index is 5.77. The minimum Gasteiger partial charge on any atom is -0.369 e. The molecule has 1 rings (SSSR count). The highest BCUT2D eigenvalue weighted by Gasteiger charge is 2.27. The van der Waals surface area contributed by atoms with Crippen molar-refractivity contribution in [2.24, 2.45) is 0 Å². The van der Waals surface area contributed by atoms with E-state index >= 15 is 0 Å². The second kappa shape index (κ2) is 5.94. The number of hydrogen-bond acceptors (Lipinski definition) is 4. The van der Waals surface area contributed by atoms with Gasteiger partial charge in [-0.25, -0.2) is 4.98 Å². The lowest BCUT2D eigenvalue weighted by Crippen LogP contribution is -2.21. The Bertz CT molecular complexity index is 358. The van der Waals surface area contributed by atoms with Crippen molar-refractivity contribution in [3.8, 4) is 0 Å². The Morgan fingerprint density at radius 1 is 1.41 bits per heavy atom. The Balaban J connectivity index is 3.06. The molecule has 0 atom stereocenters. The summed E-state index contributed by atoms with van der Waals surface area (Å²) < 4.78 is 5.77. The first-order valence-corrected chi connectivity index (χ1v) is 7.02. The Morgan fingerprint density at radius 2 is 2.06 bits per heavy atom. The van der Waals surface area contributed by atoms with E-state index < -0.39 is 0 Å². The quantitative estimate of drug-likeness (QED) is 0.848. The molecule has 1 aromatic rings. The molecule has 0 fully saturated rings. The summed E-state index contributed by atoms with van der Waals surface area (Å²) in [7, 11) is 1.97. The summed E-state index contributed by atoms with van der Waals surface area (Å²) >= 11 is 1.76. The fourth-order valence-electron chi connectivity index (χ4n) is 1.78. The molecule has 98 valence electrons. The molecule has 0 unspecified atom stereocenters. The first-order valence-electron chi connectivity index (χ1n) is 6.21. The van der Waals surface area contributed by atoms with Gasteiger partial charge < -0.3 is 10.1 Å². The van der Waals surface area contributed by atoms with E-state index in [9.17, 15) is 0 Å². The molecule has 0 aromatic carbocycles. The summed E-state index contributed by atoms with van der Waals surface area (Å²) in [4.78, 5) is 6.10. The molecule has 0 saturated heterocycles. The summed E-state index contributed by atoms with van der Waals surface area (Å²) in [6, 6.07) is 0. The second-order valence-corrected chi connectivity index (χ2v) is 6.04. The van der Waals surface area contributed by atoms with Gasteiger partial charge in [-0.15, -0.1) is 11.3 Å². The van der Waals surface area contributed by atoms with Crippen LogP contribution in [-0.4, -0.2) is 18.6 Å². The number of nitrogens with zero attached hydrogens (tertiary/aromatic N) is 1. The van der Waals surface area contributed by atoms with Crippen LogP contribution in [0.1, 0.15) is 56.1 Å². The van der Waals surface area contributed by atoms with Gasteiger partial charge in [0, 0.05) is 18.0 Å². The third-order valence-electron chi connectivity index (χ3n) is 2.63. The third kappa shape index (κ3) is 3.50. The van der Waals surface area contributed by atoms with Crippen molar-refractivity contribution in [2.75, 3.05) is 13.7 Å². The number of nitrogens with one attached hydrogen (secondary N) is 1. The highest BCUT2D eigenvalue weighted by Crippen LogP contribution is 2.33. The molecule has 4 heteroatoms. The first kappa shape index (κ1) is 14.6. The fourth-order valence-corrected chi connectivity index (χ4v) is 3.07. The average molecular weight is 256 g/mol. The molecule has 1 aromatic heterocycles. The molecule has 0 spiro atoms. The van der Waals surface area contributed by atoms with Crippen LogP contribution in [0.3, 0.4) is 0 Å². The topological polar surface area (TPSA) is 34.1 Å². The van der Waals surface area contributed by atoms with Crippen molar-refractivity contribution >= 4 is 11.3 Å². The molecule has 1 heterocycles. The van der Waals surface area contributed by atoms with Crippen LogP contribution in [0.25, 0.3) is 0 Å². The lowest BCUT2D eigenvalue weighted by molar-refractivity contribution is -0.0142. The molecule has 0 aliphatic rings. The van der Waals surface area contributed by atoms with Crippen molar-refractivity contribution in [3.05, 3.63) is 15.6 Å². The van der Waals surface area contributed by atoms with Crippen LogP contribution in [0.4, 0.5) is 0 Å². The molecule has 0 aliphatic carbocycles. The van der Waals surface area contributed by atoms with Gasteiger partial charge in [-0.05, 0) is 33.7 Å². The van der Waals surface area contributed by atoms with E-state index in [2.05, 4.69) is 33.0 Å². The molecule has 1 N–H and O–H groups in total. The molecule has 3 nitrogen and oxygen atoms in total. The SMILES string of the molecule is CCOC(C)(C)c1nc(C(C)C)c(CNC)s1. The van der Waals surface area contributed by atoms with E-state index in [1.165, 1.54) is 10.6 Å². The van der Waals surface area contributed by atoms with E-state index in [0.717, 1.165) is 11.6 Å². The van der Waals surface area contributed by atoms with E-state index in [-0.39, 0.29) is 5.60 Å². The van der Waals surface area contributed by atoms with Crippen molar-refractivity contribution in [2.45, 2.75) is 52.7 Å². The largest absolute Gasteiger partial charge is 0.369 e. The molecule has 0 amide bonds. The van der Waals surface area contributed by atoms with Gasteiger partial charge in [0.2, 0.25) is 0 Å². The van der Waals surface area contributed by atoms with Crippen LogP contribution >= 0.6 is 11.3 Å². The van der Waals surface area contributed by atoms with Crippen molar-refractivity contribution in [1.29, 1.82) is 0 Å². The van der Waals surface area contributed by atoms with Crippen LogP contribution in [0.5, 0.6) is 0 Å². The fraction of sp³-hybridized carbons (Fsp3) is 0.769. The highest BCUT2D eigenvalue weighted by molar-refractivity contribution is 7.11. The number of hydrogen-bond donors (Lipinski definition) is 1. The maximum Gasteiger partial charge on any atom is 0.125 e. The van der Waals surface area contributed by atoms with E-state index in [0.29, 0.717) is 12.5 Å². The Labute approximate surface area is 109 Å². The van der Waals surface area contributed by atoms with E-state index in [1.807, 2.05) is 14.0 Å². The lowest BCUT2D eigenvalue weighted by atomic mass is 10.1. The Hall–Kier alpha value is -0.450. The zero-order chi connectivity index (χ0) is 13.1. The molecule has 0 bridgehead atoms. The van der Waals surface area contributed by atoms with Crippen molar-refractivity contribution in [1.82, 2.24) is 10.3 Å². The van der Waals surface area contributed by atoms with E-state index in [1.54, 1.807) is 11.3 Å². The summed E-state index contributed by atoms with van der Waals surface area (Å²) in [5.41, 5.74) is 0.918. The monoisotopic (exact) mass is 256 g/mol. The van der Waals surface area contributed by atoms with Crippen LogP contribution < -0.4 is 5.32 Å². The predicted molar refractivity (Wildman–Crippen MR) is 73.6 cm³/mol. The number of aromatic nitrogens is 1. The summed E-state index contributed by atoms with van der Waals surface area (Å²) in [6.07, 6.45) is 0. The van der Waals surface area contributed by atoms with Gasteiger partial charge in [0.05, 0.1) is 5.69 Å². The van der Waals surface area contributed by atoms with Gasteiger partial charge in [-0.3, -0.25) is 0 Å². The zero-order valence-electron chi connectivity index (χ0n) is 11.8. The average Bonchev–Trinajstić information content (AvgIpc) is 2.63. The summed E-state index contributed by atoms with van der Waals surface area (Å²) in [6.45, 7) is 12.2. The minimum absolute atomic E-state index is 0.283. The predicted octanol–water partition coefficient (Wildman–Crippen LogP) is 3.26. The summed E-state index contributed by atoms with van der Waals surface area (Å²) in [5, 5.41) is 4.28. The molecule has 0 saturated carbocycles. The normalized spacial score (nSPS) is 12.4. The summed E-state index contributed by atoms with van der Waals surface area (Å²) in [5.74, 6) is 0.459. The molecule has 0 aliphatic heterocycles. The van der Waals surface area contributed by atoms with Crippen molar-refractivity contribution in [3.63, 3.8) is 0 Å². The van der Waals surface area contributed by atoms with Gasteiger partial charge >= 0.3 is 0 Å². The highest BCUT2D eigenvalue weighted by atomic mass is 32.1. The molecular formula is C13H24N2OS. The van der Waals surface area contributed by atoms with Crippen LogP contribution in [0.15, 0.2) is 0 Å². The van der Waals surface area contributed by atoms with Crippen LogP contribution in [-0.2, 0) is 16.9 Å². The van der Waals surface area contributed by atoms with Gasteiger partial charge in [0.1, 0.15) is 10.6 Å². The van der Waals surface area contributed by atoms with Crippen molar-refractivity contribution < 1.29 is 4.74 Å². The van der Waals surface area contributed by atoms with Gasteiger partial charge in [0.15, 0.2) is 0 Å². The maximum absolute atomic E-state index is 5.77.